The maximum absolute atomic E-state index is 3.63. The Morgan fingerprint density at radius 3 is 2.62 bits per heavy atom. The topological polar surface area (TPSA) is 18.5 Å². The maximum Gasteiger partial charge on any atom is 0.0239 e. The molecular formula is C13H27N3. The summed E-state index contributed by atoms with van der Waals surface area (Å²) in [6.07, 6.45) is 2.57. The zero-order valence-corrected chi connectivity index (χ0v) is 11.3. The van der Waals surface area contributed by atoms with E-state index in [0.717, 1.165) is 12.1 Å². The zero-order chi connectivity index (χ0) is 11.8. The van der Waals surface area contributed by atoms with Crippen LogP contribution in [0, 0.1) is 0 Å². The molecule has 0 radical (unpaired) electrons. The lowest BCUT2D eigenvalue weighted by Crippen LogP contribution is -2.54. The molecule has 0 spiro atoms. The van der Waals surface area contributed by atoms with Crippen LogP contribution in [0.1, 0.15) is 33.6 Å². The molecular weight excluding hydrogens is 198 g/mol. The second-order valence-corrected chi connectivity index (χ2v) is 6.16. The highest BCUT2D eigenvalue weighted by Crippen LogP contribution is 2.24. The minimum Gasteiger partial charge on any atom is -0.310 e. The van der Waals surface area contributed by atoms with Crippen molar-refractivity contribution in [2.75, 3.05) is 33.2 Å². The van der Waals surface area contributed by atoms with Gasteiger partial charge in [0, 0.05) is 43.8 Å². The SMILES string of the molecule is CCC1CN(C2CNC(C)(C)C2)CCN1C. The third kappa shape index (κ3) is 2.58. The third-order valence-electron chi connectivity index (χ3n) is 4.36. The van der Waals surface area contributed by atoms with Crippen molar-refractivity contribution in [1.82, 2.24) is 15.1 Å². The number of nitrogens with one attached hydrogen (secondary N) is 1. The van der Waals surface area contributed by atoms with Gasteiger partial charge in [0.25, 0.3) is 0 Å². The van der Waals surface area contributed by atoms with Gasteiger partial charge in [-0.15, -0.1) is 0 Å². The third-order valence-corrected chi connectivity index (χ3v) is 4.36. The molecule has 0 aromatic carbocycles. The predicted molar refractivity (Wildman–Crippen MR) is 68.8 cm³/mol. The molecule has 3 nitrogen and oxygen atoms in total. The first kappa shape index (κ1) is 12.3. The van der Waals surface area contributed by atoms with E-state index in [9.17, 15) is 0 Å². The molecule has 16 heavy (non-hydrogen) atoms. The van der Waals surface area contributed by atoms with Gasteiger partial charge in [0.1, 0.15) is 0 Å². The summed E-state index contributed by atoms with van der Waals surface area (Å²) in [5.74, 6) is 0. The van der Waals surface area contributed by atoms with Crippen LogP contribution in [0.4, 0.5) is 0 Å². The van der Waals surface area contributed by atoms with Gasteiger partial charge in [0.2, 0.25) is 0 Å². The van der Waals surface area contributed by atoms with Crippen molar-refractivity contribution in [3.63, 3.8) is 0 Å². The monoisotopic (exact) mass is 225 g/mol. The van der Waals surface area contributed by atoms with E-state index >= 15 is 0 Å². The molecule has 0 bridgehead atoms. The highest BCUT2D eigenvalue weighted by atomic mass is 15.3. The fourth-order valence-corrected chi connectivity index (χ4v) is 3.13. The molecule has 2 aliphatic rings. The Labute approximate surface area is 100 Å². The number of nitrogens with zero attached hydrogens (tertiary/aromatic N) is 2. The van der Waals surface area contributed by atoms with Gasteiger partial charge in [-0.3, -0.25) is 4.90 Å². The van der Waals surface area contributed by atoms with Gasteiger partial charge in [0.15, 0.2) is 0 Å². The molecule has 2 atom stereocenters. The molecule has 0 saturated carbocycles. The molecule has 0 aliphatic carbocycles. The highest BCUT2D eigenvalue weighted by Gasteiger charge is 2.36. The van der Waals surface area contributed by atoms with Crippen molar-refractivity contribution >= 4 is 0 Å². The van der Waals surface area contributed by atoms with Gasteiger partial charge in [-0.2, -0.15) is 0 Å². The van der Waals surface area contributed by atoms with E-state index in [4.69, 9.17) is 0 Å². The summed E-state index contributed by atoms with van der Waals surface area (Å²) in [5, 5.41) is 3.63. The van der Waals surface area contributed by atoms with Gasteiger partial charge >= 0.3 is 0 Å². The van der Waals surface area contributed by atoms with Crippen LogP contribution in [-0.4, -0.2) is 60.6 Å². The van der Waals surface area contributed by atoms with Gasteiger partial charge in [-0.1, -0.05) is 6.92 Å². The molecule has 2 aliphatic heterocycles. The Balaban J connectivity index is 1.91. The predicted octanol–water partition coefficient (Wildman–Crippen LogP) is 1.15. The standard InChI is InChI=1S/C13H27N3/c1-5-11-10-16(7-6-15(11)4)12-8-13(2,3)14-9-12/h11-12,14H,5-10H2,1-4H3. The smallest absolute Gasteiger partial charge is 0.0239 e. The van der Waals surface area contributed by atoms with Crippen LogP contribution in [0.5, 0.6) is 0 Å². The molecule has 0 aromatic rings. The van der Waals surface area contributed by atoms with E-state index in [-0.39, 0.29) is 0 Å². The fraction of sp³-hybridized carbons (Fsp3) is 1.00. The van der Waals surface area contributed by atoms with E-state index in [1.54, 1.807) is 0 Å². The summed E-state index contributed by atoms with van der Waals surface area (Å²) in [6, 6.07) is 1.52. The van der Waals surface area contributed by atoms with Gasteiger partial charge in [-0.25, -0.2) is 0 Å². The van der Waals surface area contributed by atoms with Crippen LogP contribution in [0.25, 0.3) is 0 Å². The molecule has 2 heterocycles. The lowest BCUT2D eigenvalue weighted by atomic mass is 9.99. The maximum atomic E-state index is 3.63. The van der Waals surface area contributed by atoms with Crippen LogP contribution in [0.15, 0.2) is 0 Å². The minimum absolute atomic E-state index is 0.343. The van der Waals surface area contributed by atoms with Crippen LogP contribution < -0.4 is 5.32 Å². The minimum atomic E-state index is 0.343. The highest BCUT2D eigenvalue weighted by molar-refractivity contribution is 4.96. The first-order valence-electron chi connectivity index (χ1n) is 6.71. The largest absolute Gasteiger partial charge is 0.310 e. The summed E-state index contributed by atoms with van der Waals surface area (Å²) in [5.41, 5.74) is 0.343. The van der Waals surface area contributed by atoms with E-state index in [0.29, 0.717) is 5.54 Å². The number of hydrogen-bond acceptors (Lipinski definition) is 3. The summed E-state index contributed by atoms with van der Waals surface area (Å²) in [4.78, 5) is 5.22. The van der Waals surface area contributed by atoms with Crippen molar-refractivity contribution in [2.24, 2.45) is 0 Å². The second-order valence-electron chi connectivity index (χ2n) is 6.16. The zero-order valence-electron chi connectivity index (χ0n) is 11.3. The van der Waals surface area contributed by atoms with Gasteiger partial charge < -0.3 is 10.2 Å². The number of likely N-dealkylation sites (N-methyl/N-ethyl adjacent to an activating group) is 1. The van der Waals surface area contributed by atoms with Crippen molar-refractivity contribution in [3.05, 3.63) is 0 Å². The average Bonchev–Trinajstić information content (AvgIpc) is 2.59. The van der Waals surface area contributed by atoms with Gasteiger partial charge in [0.05, 0.1) is 0 Å². The molecule has 2 unspecified atom stereocenters. The quantitative estimate of drug-likeness (QED) is 0.760. The summed E-state index contributed by atoms with van der Waals surface area (Å²) < 4.78 is 0. The van der Waals surface area contributed by atoms with Crippen molar-refractivity contribution < 1.29 is 0 Å². The molecule has 94 valence electrons. The molecule has 0 amide bonds. The second kappa shape index (κ2) is 4.63. The Hall–Kier alpha value is -0.120. The summed E-state index contributed by atoms with van der Waals surface area (Å²) in [7, 11) is 2.27. The average molecular weight is 225 g/mol. The first-order valence-corrected chi connectivity index (χ1v) is 6.71. The lowest BCUT2D eigenvalue weighted by molar-refractivity contribution is 0.0663. The van der Waals surface area contributed by atoms with Gasteiger partial charge in [-0.05, 0) is 33.7 Å². The lowest BCUT2D eigenvalue weighted by Gasteiger charge is -2.42. The normalized spacial score (nSPS) is 36.8. The summed E-state index contributed by atoms with van der Waals surface area (Å²) in [6.45, 7) is 11.9. The molecule has 0 aromatic heterocycles. The molecule has 3 heteroatoms. The molecule has 2 saturated heterocycles. The number of hydrogen-bond donors (Lipinski definition) is 1. The molecule has 2 fully saturated rings. The van der Waals surface area contributed by atoms with Crippen LogP contribution in [0.3, 0.4) is 0 Å². The number of rotatable bonds is 2. The van der Waals surface area contributed by atoms with E-state index < -0.39 is 0 Å². The Morgan fingerprint density at radius 2 is 2.06 bits per heavy atom. The van der Waals surface area contributed by atoms with E-state index in [2.05, 4.69) is 42.9 Å². The van der Waals surface area contributed by atoms with Crippen LogP contribution >= 0.6 is 0 Å². The van der Waals surface area contributed by atoms with Crippen molar-refractivity contribution in [3.8, 4) is 0 Å². The first-order chi connectivity index (χ1) is 7.52. The molecule has 2 rings (SSSR count). The fourth-order valence-electron chi connectivity index (χ4n) is 3.13. The number of piperazine rings is 1. The van der Waals surface area contributed by atoms with Crippen molar-refractivity contribution in [1.29, 1.82) is 0 Å². The summed E-state index contributed by atoms with van der Waals surface area (Å²) >= 11 is 0. The van der Waals surface area contributed by atoms with E-state index in [1.807, 2.05) is 0 Å². The van der Waals surface area contributed by atoms with Crippen LogP contribution in [0.2, 0.25) is 0 Å². The Morgan fingerprint density at radius 1 is 1.31 bits per heavy atom. The van der Waals surface area contributed by atoms with E-state index in [1.165, 1.54) is 39.0 Å². The van der Waals surface area contributed by atoms with Crippen LogP contribution in [-0.2, 0) is 0 Å². The van der Waals surface area contributed by atoms with Crippen molar-refractivity contribution in [2.45, 2.75) is 51.2 Å². The Bertz CT molecular complexity index is 239. The Kier molecular flexibility index (Phi) is 3.57. The molecule has 1 N–H and O–H groups in total.